The standard InChI is InChI=1S/C14H23NS/c1-10(2)15-9-13-8-12(5)6-7-14(13)16-11(3)4/h6-8,10-11,15H,9H2,1-5H3. The molecule has 0 aliphatic rings. The summed E-state index contributed by atoms with van der Waals surface area (Å²) in [4.78, 5) is 1.41. The second-order valence-corrected chi connectivity index (χ2v) is 6.43. The Bertz CT molecular complexity index is 332. The van der Waals surface area contributed by atoms with Crippen LogP contribution >= 0.6 is 11.8 Å². The molecule has 1 rings (SSSR count). The van der Waals surface area contributed by atoms with Crippen LogP contribution in [0.5, 0.6) is 0 Å². The van der Waals surface area contributed by atoms with E-state index >= 15 is 0 Å². The van der Waals surface area contributed by atoms with Gasteiger partial charge < -0.3 is 5.32 Å². The van der Waals surface area contributed by atoms with E-state index in [9.17, 15) is 0 Å². The summed E-state index contributed by atoms with van der Waals surface area (Å²) in [6.07, 6.45) is 0. The van der Waals surface area contributed by atoms with Crippen molar-refractivity contribution in [3.05, 3.63) is 29.3 Å². The van der Waals surface area contributed by atoms with Crippen molar-refractivity contribution in [3.8, 4) is 0 Å². The normalized spacial score (nSPS) is 11.4. The van der Waals surface area contributed by atoms with Gasteiger partial charge in [-0.3, -0.25) is 0 Å². The van der Waals surface area contributed by atoms with Crippen molar-refractivity contribution >= 4 is 11.8 Å². The smallest absolute Gasteiger partial charge is 0.0219 e. The van der Waals surface area contributed by atoms with Crippen LogP contribution in [0.1, 0.15) is 38.8 Å². The number of nitrogens with one attached hydrogen (secondary N) is 1. The molecule has 90 valence electrons. The van der Waals surface area contributed by atoms with Crippen LogP contribution in [0, 0.1) is 6.92 Å². The number of thioether (sulfide) groups is 1. The molecule has 1 aromatic carbocycles. The molecule has 0 saturated carbocycles. The molecule has 0 aliphatic carbocycles. The number of aryl methyl sites for hydroxylation is 1. The van der Waals surface area contributed by atoms with Gasteiger partial charge in [-0.1, -0.05) is 45.4 Å². The van der Waals surface area contributed by atoms with Crippen LogP contribution in [-0.2, 0) is 6.54 Å². The predicted molar refractivity (Wildman–Crippen MR) is 74.1 cm³/mol. The molecule has 0 spiro atoms. The largest absolute Gasteiger partial charge is 0.310 e. The Balaban J connectivity index is 2.81. The van der Waals surface area contributed by atoms with Gasteiger partial charge in [-0.2, -0.15) is 0 Å². The van der Waals surface area contributed by atoms with Crippen molar-refractivity contribution in [3.63, 3.8) is 0 Å². The highest BCUT2D eigenvalue weighted by Gasteiger charge is 2.06. The zero-order valence-corrected chi connectivity index (χ0v) is 11.8. The van der Waals surface area contributed by atoms with Gasteiger partial charge in [0.25, 0.3) is 0 Å². The first-order valence-corrected chi connectivity index (χ1v) is 6.86. The Morgan fingerprint density at radius 1 is 1.19 bits per heavy atom. The lowest BCUT2D eigenvalue weighted by atomic mass is 10.1. The molecule has 2 heteroatoms. The van der Waals surface area contributed by atoms with E-state index in [1.54, 1.807) is 0 Å². The molecule has 1 N–H and O–H groups in total. The highest BCUT2D eigenvalue weighted by molar-refractivity contribution is 8.00. The summed E-state index contributed by atoms with van der Waals surface area (Å²) in [6.45, 7) is 12.0. The maximum atomic E-state index is 3.49. The van der Waals surface area contributed by atoms with Crippen molar-refractivity contribution in [2.45, 2.75) is 57.4 Å². The Kier molecular flexibility index (Phi) is 5.36. The molecule has 0 radical (unpaired) electrons. The molecule has 16 heavy (non-hydrogen) atoms. The third kappa shape index (κ3) is 4.58. The maximum Gasteiger partial charge on any atom is 0.0219 e. The quantitative estimate of drug-likeness (QED) is 0.777. The SMILES string of the molecule is Cc1ccc(SC(C)C)c(CNC(C)C)c1. The Labute approximate surface area is 104 Å². The van der Waals surface area contributed by atoms with Gasteiger partial charge in [-0.05, 0) is 18.6 Å². The van der Waals surface area contributed by atoms with Crippen molar-refractivity contribution in [1.29, 1.82) is 0 Å². The van der Waals surface area contributed by atoms with Crippen molar-refractivity contribution < 1.29 is 0 Å². The van der Waals surface area contributed by atoms with Crippen LogP contribution in [-0.4, -0.2) is 11.3 Å². The summed E-state index contributed by atoms with van der Waals surface area (Å²) in [5.74, 6) is 0. The van der Waals surface area contributed by atoms with Crippen molar-refractivity contribution in [2.75, 3.05) is 0 Å². The monoisotopic (exact) mass is 237 g/mol. The molecule has 1 aromatic rings. The Morgan fingerprint density at radius 2 is 1.88 bits per heavy atom. The lowest BCUT2D eigenvalue weighted by Crippen LogP contribution is -2.22. The van der Waals surface area contributed by atoms with Crippen LogP contribution < -0.4 is 5.32 Å². The van der Waals surface area contributed by atoms with Gasteiger partial charge in [0, 0.05) is 22.7 Å². The molecule has 0 amide bonds. The van der Waals surface area contributed by atoms with Gasteiger partial charge >= 0.3 is 0 Å². The Morgan fingerprint density at radius 3 is 2.44 bits per heavy atom. The van der Waals surface area contributed by atoms with Gasteiger partial charge in [0.1, 0.15) is 0 Å². The first-order chi connectivity index (χ1) is 7.49. The molecule has 0 aromatic heterocycles. The van der Waals surface area contributed by atoms with E-state index in [2.05, 4.69) is 58.1 Å². The molecular formula is C14H23NS. The molecule has 0 heterocycles. The summed E-state index contributed by atoms with van der Waals surface area (Å²) < 4.78 is 0. The van der Waals surface area contributed by atoms with E-state index in [1.165, 1.54) is 16.0 Å². The number of benzene rings is 1. The van der Waals surface area contributed by atoms with Crippen molar-refractivity contribution in [1.82, 2.24) is 5.32 Å². The average Bonchev–Trinajstić information content (AvgIpc) is 2.17. The van der Waals surface area contributed by atoms with Crippen LogP contribution in [0.4, 0.5) is 0 Å². The number of rotatable bonds is 5. The van der Waals surface area contributed by atoms with E-state index in [1.807, 2.05) is 11.8 Å². The Hall–Kier alpha value is -0.470. The lowest BCUT2D eigenvalue weighted by Gasteiger charge is -2.14. The van der Waals surface area contributed by atoms with E-state index < -0.39 is 0 Å². The molecule has 0 unspecified atom stereocenters. The molecule has 0 saturated heterocycles. The number of hydrogen-bond acceptors (Lipinski definition) is 2. The maximum absolute atomic E-state index is 3.49. The van der Waals surface area contributed by atoms with Gasteiger partial charge in [0.05, 0.1) is 0 Å². The molecule has 0 atom stereocenters. The second-order valence-electron chi connectivity index (χ2n) is 4.81. The zero-order valence-electron chi connectivity index (χ0n) is 11.0. The van der Waals surface area contributed by atoms with Crippen LogP contribution in [0.15, 0.2) is 23.1 Å². The van der Waals surface area contributed by atoms with Gasteiger partial charge in [-0.15, -0.1) is 11.8 Å². The van der Waals surface area contributed by atoms with Gasteiger partial charge in [0.2, 0.25) is 0 Å². The third-order valence-electron chi connectivity index (χ3n) is 2.28. The van der Waals surface area contributed by atoms with E-state index in [0.717, 1.165) is 6.54 Å². The summed E-state index contributed by atoms with van der Waals surface area (Å²) in [6, 6.07) is 7.28. The second kappa shape index (κ2) is 6.31. The minimum absolute atomic E-state index is 0.539. The molecule has 0 aliphatic heterocycles. The highest BCUT2D eigenvalue weighted by Crippen LogP contribution is 2.27. The van der Waals surface area contributed by atoms with Gasteiger partial charge in [0.15, 0.2) is 0 Å². The first-order valence-electron chi connectivity index (χ1n) is 5.98. The number of hydrogen-bond donors (Lipinski definition) is 1. The van der Waals surface area contributed by atoms with E-state index in [0.29, 0.717) is 11.3 Å². The fourth-order valence-corrected chi connectivity index (χ4v) is 2.47. The predicted octanol–water partition coefficient (Wildman–Crippen LogP) is 3.99. The van der Waals surface area contributed by atoms with Gasteiger partial charge in [-0.25, -0.2) is 0 Å². The summed E-state index contributed by atoms with van der Waals surface area (Å²) in [5, 5.41) is 4.13. The zero-order chi connectivity index (χ0) is 12.1. The fourth-order valence-electron chi connectivity index (χ4n) is 1.53. The summed E-state index contributed by atoms with van der Waals surface area (Å²) >= 11 is 1.95. The average molecular weight is 237 g/mol. The van der Waals surface area contributed by atoms with Crippen LogP contribution in [0.25, 0.3) is 0 Å². The van der Waals surface area contributed by atoms with Crippen molar-refractivity contribution in [2.24, 2.45) is 0 Å². The molecule has 0 bridgehead atoms. The topological polar surface area (TPSA) is 12.0 Å². The van der Waals surface area contributed by atoms with Crippen LogP contribution in [0.2, 0.25) is 0 Å². The van der Waals surface area contributed by atoms with E-state index in [-0.39, 0.29) is 0 Å². The fraction of sp³-hybridized carbons (Fsp3) is 0.571. The molecule has 0 fully saturated rings. The third-order valence-corrected chi connectivity index (χ3v) is 3.40. The first kappa shape index (κ1) is 13.6. The summed E-state index contributed by atoms with van der Waals surface area (Å²) in [5.41, 5.74) is 2.76. The highest BCUT2D eigenvalue weighted by atomic mass is 32.2. The van der Waals surface area contributed by atoms with E-state index in [4.69, 9.17) is 0 Å². The molecule has 1 nitrogen and oxygen atoms in total. The summed E-state index contributed by atoms with van der Waals surface area (Å²) in [7, 11) is 0. The molecular weight excluding hydrogens is 214 g/mol. The lowest BCUT2D eigenvalue weighted by molar-refractivity contribution is 0.584. The minimum Gasteiger partial charge on any atom is -0.310 e. The minimum atomic E-state index is 0.539. The van der Waals surface area contributed by atoms with Crippen LogP contribution in [0.3, 0.4) is 0 Å².